The van der Waals surface area contributed by atoms with Crippen LogP contribution in [0.25, 0.3) is 0 Å². The first-order valence-electron chi connectivity index (χ1n) is 11.7. The summed E-state index contributed by atoms with van der Waals surface area (Å²) in [6.07, 6.45) is -17.9. The van der Waals surface area contributed by atoms with E-state index in [-0.39, 0.29) is 0 Å². The highest BCUT2D eigenvalue weighted by Gasteiger charge is 2.53. The Bertz CT molecular complexity index is 868. The maximum Gasteiger partial charge on any atom is 0.209 e. The van der Waals surface area contributed by atoms with E-state index >= 15 is 0 Å². The van der Waals surface area contributed by atoms with Gasteiger partial charge in [-0.3, -0.25) is 0 Å². The summed E-state index contributed by atoms with van der Waals surface area (Å²) in [7, 11) is -4.06. The molecule has 3 heterocycles. The van der Waals surface area contributed by atoms with Crippen molar-refractivity contribution < 1.29 is 73.0 Å². The van der Waals surface area contributed by atoms with Crippen molar-refractivity contribution in [3.8, 4) is 0 Å². The number of hydrogen-bond donors (Lipinski definition) is 11. The fourth-order valence-electron chi connectivity index (χ4n) is 4.53. The minimum atomic E-state index is -4.06. The van der Waals surface area contributed by atoms with E-state index in [1.165, 1.54) is 0 Å². The lowest BCUT2D eigenvalue weighted by Crippen LogP contribution is -2.70. The molecule has 0 aromatic heterocycles. The third-order valence-corrected chi connectivity index (χ3v) is 7.34. The Balaban J connectivity index is 1.87. The minimum absolute atomic E-state index is 0.721. The largest absolute Gasteiger partial charge is 0.394 e. The zero-order valence-electron chi connectivity index (χ0n) is 20.3. The lowest BCUT2D eigenvalue weighted by atomic mass is 9.94. The van der Waals surface area contributed by atoms with Crippen molar-refractivity contribution in [2.45, 2.75) is 91.9 Å². The van der Waals surface area contributed by atoms with Crippen LogP contribution in [0.2, 0.25) is 0 Å². The highest BCUT2D eigenvalue weighted by atomic mass is 32.2. The van der Waals surface area contributed by atoms with Crippen molar-refractivity contribution in [1.29, 1.82) is 0 Å². The van der Waals surface area contributed by atoms with Crippen molar-refractivity contribution >= 4 is 10.0 Å². The molecule has 0 radical (unpaired) electrons. The van der Waals surface area contributed by atoms with Crippen LogP contribution in [-0.2, 0) is 33.7 Å². The van der Waals surface area contributed by atoms with Gasteiger partial charge in [0.25, 0.3) is 0 Å². The predicted molar refractivity (Wildman–Crippen MR) is 121 cm³/mol. The van der Waals surface area contributed by atoms with Gasteiger partial charge in [0.15, 0.2) is 18.9 Å². The van der Waals surface area contributed by atoms with Gasteiger partial charge < -0.3 is 76.0 Å². The first-order valence-corrected chi connectivity index (χ1v) is 13.6. The van der Waals surface area contributed by atoms with E-state index in [9.17, 15) is 49.3 Å². The average Bonchev–Trinajstić information content (AvgIpc) is 2.86. The fourth-order valence-corrected chi connectivity index (χ4v) is 5.27. The van der Waals surface area contributed by atoms with Gasteiger partial charge in [0.1, 0.15) is 61.0 Å². The maximum atomic E-state index is 12.1. The highest BCUT2D eigenvalue weighted by Crippen LogP contribution is 2.32. The van der Waals surface area contributed by atoms with Gasteiger partial charge in [-0.15, -0.1) is 0 Å². The molecule has 3 saturated heterocycles. The first kappa shape index (κ1) is 31.8. The number of nitrogens with two attached hydrogens (primary N) is 2. The van der Waals surface area contributed by atoms with E-state index < -0.39 is 122 Å². The molecule has 13 N–H and O–H groups in total. The molecule has 0 spiro atoms. The summed E-state index contributed by atoms with van der Waals surface area (Å²) in [6, 6.07) is -4.42. The van der Waals surface area contributed by atoms with Crippen LogP contribution in [0.15, 0.2) is 0 Å². The van der Waals surface area contributed by atoms with Crippen molar-refractivity contribution in [3.05, 3.63) is 0 Å². The third-order valence-electron chi connectivity index (χ3n) is 6.63. The van der Waals surface area contributed by atoms with Crippen LogP contribution in [0.3, 0.4) is 0 Å². The molecule has 0 aliphatic carbocycles. The summed E-state index contributed by atoms with van der Waals surface area (Å²) in [5, 5.41) is 80.7. The molecule has 38 heavy (non-hydrogen) atoms. The molecule has 3 rings (SSSR count). The smallest absolute Gasteiger partial charge is 0.209 e. The van der Waals surface area contributed by atoms with Crippen LogP contribution in [-0.4, -0.2) is 167 Å². The molecule has 2 unspecified atom stereocenters. The summed E-state index contributed by atoms with van der Waals surface area (Å²) in [5.41, 5.74) is 11.6. The van der Waals surface area contributed by atoms with Gasteiger partial charge in [0.05, 0.1) is 38.2 Å². The second kappa shape index (κ2) is 12.9. The van der Waals surface area contributed by atoms with Crippen molar-refractivity contribution in [3.63, 3.8) is 0 Å². The van der Waals surface area contributed by atoms with Gasteiger partial charge in [-0.25, -0.2) is 13.1 Å². The molecule has 18 nitrogen and oxygen atoms in total. The fraction of sp³-hybridized carbons (Fsp3) is 1.00. The van der Waals surface area contributed by atoms with Crippen LogP contribution in [0.5, 0.6) is 0 Å². The zero-order valence-corrected chi connectivity index (χ0v) is 21.1. The Hall–Kier alpha value is -0.690. The normalized spacial score (nSPS) is 48.7. The van der Waals surface area contributed by atoms with E-state index in [4.69, 9.17) is 35.2 Å². The van der Waals surface area contributed by atoms with Crippen molar-refractivity contribution in [1.82, 2.24) is 4.72 Å². The Kier molecular flexibility index (Phi) is 10.8. The van der Waals surface area contributed by atoms with Crippen LogP contribution in [0, 0.1) is 0 Å². The van der Waals surface area contributed by atoms with Gasteiger partial charge in [0.2, 0.25) is 10.0 Å². The molecule has 0 saturated carbocycles. The Labute approximate surface area is 217 Å². The van der Waals surface area contributed by atoms with E-state index in [2.05, 4.69) is 4.72 Å². The maximum absolute atomic E-state index is 12.1. The molecule has 0 aromatic carbocycles. The van der Waals surface area contributed by atoms with E-state index in [0.29, 0.717) is 0 Å². The number of aliphatic hydroxyl groups excluding tert-OH is 8. The van der Waals surface area contributed by atoms with Gasteiger partial charge in [-0.05, 0) is 0 Å². The Morgan fingerprint density at radius 3 is 1.76 bits per heavy atom. The van der Waals surface area contributed by atoms with Crippen molar-refractivity contribution in [2.24, 2.45) is 11.5 Å². The predicted octanol–water partition coefficient (Wildman–Crippen LogP) is -8.08. The van der Waals surface area contributed by atoms with E-state index in [1.54, 1.807) is 0 Å². The number of rotatable bonds is 9. The van der Waals surface area contributed by atoms with Gasteiger partial charge in [-0.2, -0.15) is 0 Å². The van der Waals surface area contributed by atoms with Crippen LogP contribution < -0.4 is 16.2 Å². The monoisotopic (exact) mass is 579 g/mol. The topological polar surface area (TPSA) is 306 Å². The van der Waals surface area contributed by atoms with Crippen LogP contribution >= 0.6 is 0 Å². The quantitative estimate of drug-likeness (QED) is 0.121. The molecular weight excluding hydrogens is 542 g/mol. The molecule has 19 heteroatoms. The number of ether oxygens (including phenoxy) is 5. The summed E-state index contributed by atoms with van der Waals surface area (Å²) >= 11 is 0. The lowest BCUT2D eigenvalue weighted by Gasteiger charge is -2.49. The molecule has 3 fully saturated rings. The Morgan fingerprint density at radius 1 is 0.711 bits per heavy atom. The van der Waals surface area contributed by atoms with E-state index in [0.717, 1.165) is 6.26 Å². The molecule has 3 aliphatic heterocycles. The number of hydrogen-bond acceptors (Lipinski definition) is 17. The zero-order chi connectivity index (χ0) is 28.5. The van der Waals surface area contributed by atoms with Crippen LogP contribution in [0.4, 0.5) is 0 Å². The third kappa shape index (κ3) is 6.78. The average molecular weight is 580 g/mol. The summed E-state index contributed by atoms with van der Waals surface area (Å²) in [6.45, 7) is -2.30. The molecule has 0 amide bonds. The molecule has 0 bridgehead atoms. The number of sulfonamides is 1. The van der Waals surface area contributed by atoms with Gasteiger partial charge >= 0.3 is 0 Å². The SMILES string of the molecule is CS(=O)(=O)N[C@H]1[C@H](OC2[C@@H](CO)O[C@@H](O)[C@H](N)[C@H]2O)O[C@H](CO)C(O[C@@H]2O[C@H](CO)[C@@H](O)[C@H](O)[C@H]2N)[C@@H]1O. The molecule has 0 aromatic rings. The minimum Gasteiger partial charge on any atom is -0.394 e. The second-order valence-corrected chi connectivity index (χ2v) is 11.2. The summed E-state index contributed by atoms with van der Waals surface area (Å²) in [4.78, 5) is 0. The summed E-state index contributed by atoms with van der Waals surface area (Å²) < 4.78 is 53.9. The van der Waals surface area contributed by atoms with Crippen LogP contribution in [0.1, 0.15) is 0 Å². The Morgan fingerprint density at radius 2 is 1.21 bits per heavy atom. The number of aliphatic hydroxyl groups is 8. The van der Waals surface area contributed by atoms with Gasteiger partial charge in [0, 0.05) is 0 Å². The molecule has 224 valence electrons. The molecule has 3 aliphatic rings. The standard InChI is InChI=1S/C19H37N3O15S/c1-38(31,32)22-10-14(29)16(36-18-9(21)12(27)11(26)5(2-23)34-18)7(4-25)35-19(10)37-15-6(3-24)33-17(30)8(20)13(15)28/h5-19,22-30H,2-4,20-21H2,1H3/t5-,6-,7-,8-,9-,10-,11-,12-,13-,14-,15?,16?,17-,18+,19+/m1/s1. The number of nitrogens with one attached hydrogen (secondary N) is 1. The van der Waals surface area contributed by atoms with E-state index in [1.807, 2.05) is 0 Å². The molecular formula is C19H37N3O15S. The lowest BCUT2D eigenvalue weighted by molar-refractivity contribution is -0.349. The van der Waals surface area contributed by atoms with Gasteiger partial charge in [-0.1, -0.05) is 0 Å². The first-order chi connectivity index (χ1) is 17.7. The van der Waals surface area contributed by atoms with Crippen molar-refractivity contribution in [2.75, 3.05) is 26.1 Å². The summed E-state index contributed by atoms with van der Waals surface area (Å²) in [5.74, 6) is 0. The highest BCUT2D eigenvalue weighted by molar-refractivity contribution is 7.88. The second-order valence-electron chi connectivity index (χ2n) is 9.43. The molecule has 15 atom stereocenters.